The summed E-state index contributed by atoms with van der Waals surface area (Å²) in [6.45, 7) is 4.83. The molecule has 0 saturated carbocycles. The first kappa shape index (κ1) is 13.0. The Morgan fingerprint density at radius 1 is 1.50 bits per heavy atom. The molecule has 6 heteroatoms. The zero-order chi connectivity index (χ0) is 13.2. The van der Waals surface area contributed by atoms with Crippen molar-refractivity contribution in [1.82, 2.24) is 10.2 Å². The number of nitrogens with one attached hydrogen (secondary N) is 1. The Hall–Kier alpha value is -1.40. The van der Waals surface area contributed by atoms with Gasteiger partial charge in [-0.3, -0.25) is 15.0 Å². The molecule has 1 N–H and O–H groups in total. The molecular formula is C12H19N3O3. The van der Waals surface area contributed by atoms with Crippen LogP contribution in [0.2, 0.25) is 0 Å². The Balaban J connectivity index is 1.89. The largest absolute Gasteiger partial charge is 0.433 e. The van der Waals surface area contributed by atoms with E-state index in [4.69, 9.17) is 4.42 Å². The van der Waals surface area contributed by atoms with Crippen LogP contribution in [0, 0.1) is 10.1 Å². The summed E-state index contributed by atoms with van der Waals surface area (Å²) in [4.78, 5) is 12.3. The SMILES string of the molecule is CNC1(C)CCN(Cc2ccc([N+](=O)[O-])o2)CC1. The minimum absolute atomic E-state index is 0.179. The van der Waals surface area contributed by atoms with E-state index in [0.29, 0.717) is 12.3 Å². The fraction of sp³-hybridized carbons (Fsp3) is 0.667. The molecule has 1 fully saturated rings. The van der Waals surface area contributed by atoms with Gasteiger partial charge in [-0.25, -0.2) is 0 Å². The molecule has 2 rings (SSSR count). The van der Waals surface area contributed by atoms with Crippen LogP contribution in [0.15, 0.2) is 16.5 Å². The summed E-state index contributed by atoms with van der Waals surface area (Å²) < 4.78 is 5.17. The molecule has 18 heavy (non-hydrogen) atoms. The molecule has 6 nitrogen and oxygen atoms in total. The van der Waals surface area contributed by atoms with Crippen molar-refractivity contribution in [2.75, 3.05) is 20.1 Å². The van der Waals surface area contributed by atoms with Gasteiger partial charge in [-0.1, -0.05) is 0 Å². The van der Waals surface area contributed by atoms with Gasteiger partial charge >= 0.3 is 5.88 Å². The van der Waals surface area contributed by atoms with Gasteiger partial charge in [0, 0.05) is 18.6 Å². The van der Waals surface area contributed by atoms with Crippen molar-refractivity contribution in [2.45, 2.75) is 31.8 Å². The van der Waals surface area contributed by atoms with Crippen molar-refractivity contribution < 1.29 is 9.34 Å². The first-order valence-corrected chi connectivity index (χ1v) is 6.17. The van der Waals surface area contributed by atoms with Crippen LogP contribution in [0.5, 0.6) is 0 Å². The van der Waals surface area contributed by atoms with E-state index in [2.05, 4.69) is 17.1 Å². The predicted molar refractivity (Wildman–Crippen MR) is 67.3 cm³/mol. The maximum Gasteiger partial charge on any atom is 0.433 e. The summed E-state index contributed by atoms with van der Waals surface area (Å²) in [5, 5.41) is 13.9. The van der Waals surface area contributed by atoms with Crippen molar-refractivity contribution in [2.24, 2.45) is 0 Å². The number of nitro groups is 1. The number of hydrogen-bond donors (Lipinski definition) is 1. The van der Waals surface area contributed by atoms with Crippen LogP contribution in [-0.4, -0.2) is 35.5 Å². The van der Waals surface area contributed by atoms with E-state index in [0.717, 1.165) is 25.9 Å². The molecular weight excluding hydrogens is 234 g/mol. The number of likely N-dealkylation sites (tertiary alicyclic amines) is 1. The van der Waals surface area contributed by atoms with Gasteiger partial charge in [-0.05, 0) is 32.9 Å². The highest BCUT2D eigenvalue weighted by molar-refractivity contribution is 5.17. The summed E-state index contributed by atoms with van der Waals surface area (Å²) in [7, 11) is 1.99. The lowest BCUT2D eigenvalue weighted by Gasteiger charge is -2.38. The molecule has 0 bridgehead atoms. The van der Waals surface area contributed by atoms with E-state index in [-0.39, 0.29) is 11.4 Å². The molecule has 0 aromatic carbocycles. The molecule has 100 valence electrons. The van der Waals surface area contributed by atoms with Crippen LogP contribution in [0.3, 0.4) is 0 Å². The first-order chi connectivity index (χ1) is 8.52. The summed E-state index contributed by atoms with van der Waals surface area (Å²) >= 11 is 0. The average Bonchev–Trinajstić information content (AvgIpc) is 2.81. The molecule has 2 heterocycles. The molecule has 1 aromatic rings. The van der Waals surface area contributed by atoms with Crippen LogP contribution in [-0.2, 0) is 6.54 Å². The minimum Gasteiger partial charge on any atom is -0.404 e. The van der Waals surface area contributed by atoms with Crippen molar-refractivity contribution in [3.63, 3.8) is 0 Å². The average molecular weight is 253 g/mol. The summed E-state index contributed by atoms with van der Waals surface area (Å²) in [6, 6.07) is 3.10. The van der Waals surface area contributed by atoms with Crippen LogP contribution in [0.4, 0.5) is 5.88 Å². The third kappa shape index (κ3) is 2.88. The summed E-state index contributed by atoms with van der Waals surface area (Å²) in [5.74, 6) is 0.483. The molecule has 0 unspecified atom stereocenters. The van der Waals surface area contributed by atoms with E-state index < -0.39 is 4.92 Å². The molecule has 0 spiro atoms. The van der Waals surface area contributed by atoms with Gasteiger partial charge < -0.3 is 9.73 Å². The van der Waals surface area contributed by atoms with Crippen molar-refractivity contribution >= 4 is 5.88 Å². The molecule has 0 radical (unpaired) electrons. The Morgan fingerprint density at radius 3 is 2.67 bits per heavy atom. The third-order valence-electron chi connectivity index (χ3n) is 3.77. The second-order valence-corrected chi connectivity index (χ2v) is 5.08. The summed E-state index contributed by atoms with van der Waals surface area (Å²) in [6.07, 6.45) is 2.15. The maximum absolute atomic E-state index is 10.5. The van der Waals surface area contributed by atoms with Gasteiger partial charge in [0.05, 0.1) is 12.6 Å². The van der Waals surface area contributed by atoms with Crippen LogP contribution < -0.4 is 5.32 Å². The topological polar surface area (TPSA) is 71.5 Å². The monoisotopic (exact) mass is 253 g/mol. The van der Waals surface area contributed by atoms with Gasteiger partial charge in [-0.15, -0.1) is 0 Å². The number of piperidine rings is 1. The van der Waals surface area contributed by atoms with Gasteiger partial charge in [0.25, 0.3) is 0 Å². The van der Waals surface area contributed by atoms with Crippen LogP contribution >= 0.6 is 0 Å². The fourth-order valence-electron chi connectivity index (χ4n) is 2.22. The Morgan fingerprint density at radius 2 is 2.17 bits per heavy atom. The standard InChI is InChI=1S/C12H19N3O3/c1-12(13-2)5-7-14(8-6-12)9-10-3-4-11(18-10)15(16)17/h3-4,13H,5-9H2,1-2H3. The zero-order valence-corrected chi connectivity index (χ0v) is 10.8. The van der Waals surface area contributed by atoms with Gasteiger partial charge in [0.1, 0.15) is 10.7 Å². The van der Waals surface area contributed by atoms with Gasteiger partial charge in [0.15, 0.2) is 0 Å². The highest BCUT2D eigenvalue weighted by Gasteiger charge is 2.28. The lowest BCUT2D eigenvalue weighted by molar-refractivity contribution is -0.402. The maximum atomic E-state index is 10.5. The molecule has 1 aliphatic rings. The number of rotatable bonds is 4. The fourth-order valence-corrected chi connectivity index (χ4v) is 2.22. The predicted octanol–water partition coefficient (Wildman–Crippen LogP) is 1.76. The van der Waals surface area contributed by atoms with Crippen LogP contribution in [0.1, 0.15) is 25.5 Å². The molecule has 0 atom stereocenters. The van der Waals surface area contributed by atoms with Crippen molar-refractivity contribution in [1.29, 1.82) is 0 Å². The van der Waals surface area contributed by atoms with Crippen molar-refractivity contribution in [3.8, 4) is 0 Å². The second-order valence-electron chi connectivity index (χ2n) is 5.08. The van der Waals surface area contributed by atoms with E-state index in [1.807, 2.05) is 7.05 Å². The van der Waals surface area contributed by atoms with Gasteiger partial charge in [-0.2, -0.15) is 0 Å². The molecule has 1 saturated heterocycles. The Bertz CT molecular complexity index is 422. The number of hydrogen-bond acceptors (Lipinski definition) is 5. The van der Waals surface area contributed by atoms with E-state index in [1.165, 1.54) is 6.07 Å². The highest BCUT2D eigenvalue weighted by atomic mass is 16.6. The number of furan rings is 1. The van der Waals surface area contributed by atoms with E-state index in [9.17, 15) is 10.1 Å². The lowest BCUT2D eigenvalue weighted by Crippen LogP contribution is -2.49. The second kappa shape index (κ2) is 5.07. The molecule has 0 aliphatic carbocycles. The first-order valence-electron chi connectivity index (χ1n) is 6.17. The van der Waals surface area contributed by atoms with Gasteiger partial charge in [0.2, 0.25) is 0 Å². The number of nitrogens with zero attached hydrogens (tertiary/aromatic N) is 2. The smallest absolute Gasteiger partial charge is 0.404 e. The minimum atomic E-state index is -0.502. The molecule has 1 aliphatic heterocycles. The lowest BCUT2D eigenvalue weighted by atomic mass is 9.90. The molecule has 0 amide bonds. The van der Waals surface area contributed by atoms with Crippen molar-refractivity contribution in [3.05, 3.63) is 28.0 Å². The van der Waals surface area contributed by atoms with Crippen LogP contribution in [0.25, 0.3) is 0 Å². The third-order valence-corrected chi connectivity index (χ3v) is 3.77. The van der Waals surface area contributed by atoms with E-state index in [1.54, 1.807) is 6.07 Å². The highest BCUT2D eigenvalue weighted by Crippen LogP contribution is 2.23. The Kier molecular flexibility index (Phi) is 3.68. The van der Waals surface area contributed by atoms with E-state index >= 15 is 0 Å². The molecule has 1 aromatic heterocycles. The quantitative estimate of drug-likeness (QED) is 0.654. The Labute approximate surface area is 106 Å². The summed E-state index contributed by atoms with van der Waals surface area (Å²) in [5.41, 5.74) is 0.214. The zero-order valence-electron chi connectivity index (χ0n) is 10.8. The normalized spacial score (nSPS) is 19.9.